The molecule has 3 rings (SSSR count). The van der Waals surface area contributed by atoms with Crippen molar-refractivity contribution in [1.29, 1.82) is 0 Å². The molecular weight excluding hydrogens is 368 g/mol. The molecule has 3 N–H and O–H groups in total. The number of para-hydroxylation sites is 1. The summed E-state index contributed by atoms with van der Waals surface area (Å²) in [5.41, 5.74) is 0.816. The third-order valence-electron chi connectivity index (χ3n) is 5.92. The molecule has 2 heterocycles. The molecule has 6 heteroatoms. The average molecular weight is 401 g/mol. The third-order valence-corrected chi connectivity index (χ3v) is 5.92. The van der Waals surface area contributed by atoms with Crippen molar-refractivity contribution >= 4 is 17.6 Å². The Morgan fingerprint density at radius 2 is 1.86 bits per heavy atom. The first-order chi connectivity index (χ1) is 14.1. The van der Waals surface area contributed by atoms with Gasteiger partial charge in [0.1, 0.15) is 0 Å². The van der Waals surface area contributed by atoms with Crippen LogP contribution >= 0.6 is 0 Å². The Hall–Kier alpha value is -2.18. The highest BCUT2D eigenvalue weighted by Gasteiger charge is 2.47. The van der Waals surface area contributed by atoms with Gasteiger partial charge in [-0.05, 0) is 69.0 Å². The number of hydrogen-bond donors (Lipinski definition) is 3. The molecule has 158 valence electrons. The van der Waals surface area contributed by atoms with Crippen LogP contribution in [0.15, 0.2) is 42.5 Å². The normalized spacial score (nSPS) is 25.5. The van der Waals surface area contributed by atoms with Crippen molar-refractivity contribution < 1.29 is 19.4 Å². The molecule has 0 spiro atoms. The molecule has 2 saturated heterocycles. The summed E-state index contributed by atoms with van der Waals surface area (Å²) in [6.45, 7) is 1.11. The largest absolute Gasteiger partial charge is 0.481 e. The molecule has 29 heavy (non-hydrogen) atoms. The van der Waals surface area contributed by atoms with Crippen molar-refractivity contribution in [2.75, 3.05) is 18.4 Å². The number of carboxylic acid groups (broad SMARTS) is 1. The molecule has 0 aliphatic carbocycles. The van der Waals surface area contributed by atoms with E-state index in [9.17, 15) is 9.59 Å². The monoisotopic (exact) mass is 400 g/mol. The second kappa shape index (κ2) is 11.1. The maximum Gasteiger partial charge on any atom is 0.303 e. The second-order valence-corrected chi connectivity index (χ2v) is 7.99. The maximum absolute atomic E-state index is 12.0. The van der Waals surface area contributed by atoms with Crippen molar-refractivity contribution in [3.05, 3.63) is 42.5 Å². The fourth-order valence-electron chi connectivity index (χ4n) is 4.54. The summed E-state index contributed by atoms with van der Waals surface area (Å²) in [4.78, 5) is 22.6. The molecule has 0 unspecified atom stereocenters. The van der Waals surface area contributed by atoms with E-state index in [0.29, 0.717) is 37.0 Å². The number of hydrogen-bond acceptors (Lipinski definition) is 4. The van der Waals surface area contributed by atoms with Crippen molar-refractivity contribution in [1.82, 2.24) is 5.32 Å². The van der Waals surface area contributed by atoms with E-state index in [2.05, 4.69) is 22.8 Å². The highest BCUT2D eigenvalue weighted by atomic mass is 16.5. The lowest BCUT2D eigenvalue weighted by Gasteiger charge is -2.27. The minimum atomic E-state index is -0.732. The lowest BCUT2D eigenvalue weighted by molar-refractivity contribution is -0.137. The zero-order valence-corrected chi connectivity index (χ0v) is 16.9. The minimum Gasteiger partial charge on any atom is -0.481 e. The first kappa shape index (κ1) is 21.5. The molecule has 1 aromatic rings. The Kier molecular flexibility index (Phi) is 8.25. The third kappa shape index (κ3) is 6.68. The van der Waals surface area contributed by atoms with Crippen LogP contribution in [0.3, 0.4) is 0 Å². The number of carboxylic acids is 1. The van der Waals surface area contributed by atoms with E-state index in [-0.39, 0.29) is 12.3 Å². The molecular formula is C23H32N2O4. The summed E-state index contributed by atoms with van der Waals surface area (Å²) in [6, 6.07) is 9.49. The van der Waals surface area contributed by atoms with Crippen molar-refractivity contribution in [2.24, 2.45) is 11.8 Å². The van der Waals surface area contributed by atoms with E-state index in [4.69, 9.17) is 9.84 Å². The topological polar surface area (TPSA) is 87.7 Å². The first-order valence-electron chi connectivity index (χ1n) is 10.7. The van der Waals surface area contributed by atoms with Gasteiger partial charge < -0.3 is 20.5 Å². The molecule has 0 radical (unpaired) electrons. The summed E-state index contributed by atoms with van der Waals surface area (Å²) < 4.78 is 6.15. The summed E-state index contributed by atoms with van der Waals surface area (Å²) in [5, 5.41) is 14.8. The van der Waals surface area contributed by atoms with Gasteiger partial charge in [0.25, 0.3) is 0 Å². The number of carbonyl (C=O) groups excluding carboxylic acids is 1. The Balaban J connectivity index is 1.35. The predicted molar refractivity (Wildman–Crippen MR) is 113 cm³/mol. The molecule has 2 bridgehead atoms. The van der Waals surface area contributed by atoms with Gasteiger partial charge in [0.15, 0.2) is 0 Å². The number of fused-ring (bicyclic) bond motifs is 2. The van der Waals surface area contributed by atoms with Gasteiger partial charge in [-0.1, -0.05) is 30.4 Å². The molecule has 2 fully saturated rings. The summed E-state index contributed by atoms with van der Waals surface area (Å²) in [5.74, 6) is 0.303. The van der Waals surface area contributed by atoms with Gasteiger partial charge in [-0.2, -0.15) is 0 Å². The van der Waals surface area contributed by atoms with Gasteiger partial charge in [-0.3, -0.25) is 9.59 Å². The maximum atomic E-state index is 12.0. The lowest BCUT2D eigenvalue weighted by Crippen LogP contribution is -2.33. The van der Waals surface area contributed by atoms with E-state index >= 15 is 0 Å². The van der Waals surface area contributed by atoms with Crippen LogP contribution in [0.4, 0.5) is 5.69 Å². The van der Waals surface area contributed by atoms with Crippen LogP contribution < -0.4 is 10.6 Å². The van der Waals surface area contributed by atoms with Crippen LogP contribution in [0.1, 0.15) is 44.9 Å². The van der Waals surface area contributed by atoms with Crippen LogP contribution in [0, 0.1) is 11.8 Å². The Morgan fingerprint density at radius 1 is 1.10 bits per heavy atom. The molecule has 2 aliphatic heterocycles. The number of unbranched alkanes of at least 4 members (excludes halogenated alkanes) is 1. The molecule has 1 amide bonds. The second-order valence-electron chi connectivity index (χ2n) is 7.99. The number of benzene rings is 1. The van der Waals surface area contributed by atoms with Gasteiger partial charge in [-0.25, -0.2) is 0 Å². The quantitative estimate of drug-likeness (QED) is 0.369. The fourth-order valence-corrected chi connectivity index (χ4v) is 4.54. The Labute approximate surface area is 172 Å². The van der Waals surface area contributed by atoms with E-state index in [1.54, 1.807) is 0 Å². The number of carbonyl (C=O) groups is 2. The predicted octanol–water partition coefficient (Wildman–Crippen LogP) is 3.60. The summed E-state index contributed by atoms with van der Waals surface area (Å²) in [7, 11) is 0. The summed E-state index contributed by atoms with van der Waals surface area (Å²) >= 11 is 0. The number of aliphatic carboxylic acids is 1. The van der Waals surface area contributed by atoms with Crippen LogP contribution in [0.5, 0.6) is 0 Å². The van der Waals surface area contributed by atoms with Gasteiger partial charge >= 0.3 is 5.97 Å². The Morgan fingerprint density at radius 3 is 2.62 bits per heavy atom. The van der Waals surface area contributed by atoms with E-state index in [1.165, 1.54) is 0 Å². The van der Waals surface area contributed by atoms with Gasteiger partial charge in [0, 0.05) is 12.1 Å². The van der Waals surface area contributed by atoms with Crippen LogP contribution in [-0.4, -0.2) is 42.3 Å². The molecule has 0 saturated carbocycles. The van der Waals surface area contributed by atoms with E-state index in [0.717, 1.165) is 44.3 Å². The molecule has 2 aliphatic rings. The van der Waals surface area contributed by atoms with E-state index in [1.807, 2.05) is 30.3 Å². The van der Waals surface area contributed by atoms with Gasteiger partial charge in [-0.15, -0.1) is 0 Å². The SMILES string of the molecule is O=C(O)CCCC=CC[C@H]1[C@H](CCNCC(=O)Nc2ccccc2)[C@@H]2CC[C@H]1O2. The highest BCUT2D eigenvalue weighted by Crippen LogP contribution is 2.46. The van der Waals surface area contributed by atoms with Crippen LogP contribution in [0.25, 0.3) is 0 Å². The number of amides is 1. The lowest BCUT2D eigenvalue weighted by atomic mass is 9.76. The first-order valence-corrected chi connectivity index (χ1v) is 10.7. The van der Waals surface area contributed by atoms with Gasteiger partial charge in [0.2, 0.25) is 5.91 Å². The average Bonchev–Trinajstić information content (AvgIpc) is 3.30. The van der Waals surface area contributed by atoms with Gasteiger partial charge in [0.05, 0.1) is 18.8 Å². The Bertz CT molecular complexity index is 691. The molecule has 4 atom stereocenters. The zero-order valence-electron chi connectivity index (χ0n) is 16.9. The minimum absolute atomic E-state index is 0.0266. The number of anilines is 1. The van der Waals surface area contributed by atoms with Crippen molar-refractivity contribution in [2.45, 2.75) is 57.2 Å². The van der Waals surface area contributed by atoms with Crippen LogP contribution in [-0.2, 0) is 14.3 Å². The molecule has 0 aromatic heterocycles. The smallest absolute Gasteiger partial charge is 0.303 e. The highest BCUT2D eigenvalue weighted by molar-refractivity contribution is 5.92. The van der Waals surface area contributed by atoms with Crippen molar-refractivity contribution in [3.8, 4) is 0 Å². The standard InChI is InChI=1S/C23H32N2O4/c26-22(25-17-8-4-3-5-9-17)16-24-15-14-19-18(20-12-13-21(19)29-20)10-6-1-2-7-11-23(27)28/h1,3-6,8-9,18-21,24H,2,7,10-16H2,(H,25,26)(H,27,28)/t18-,19-,20+,21-/m0/s1. The number of rotatable bonds is 12. The fraction of sp³-hybridized carbons (Fsp3) is 0.565. The zero-order chi connectivity index (χ0) is 20.5. The molecule has 1 aromatic carbocycles. The summed E-state index contributed by atoms with van der Waals surface area (Å²) in [6.07, 6.45) is 11.0. The van der Waals surface area contributed by atoms with Crippen LogP contribution in [0.2, 0.25) is 0 Å². The van der Waals surface area contributed by atoms with E-state index < -0.39 is 5.97 Å². The number of ether oxygens (including phenoxy) is 1. The molecule has 6 nitrogen and oxygen atoms in total. The number of nitrogens with one attached hydrogen (secondary N) is 2. The van der Waals surface area contributed by atoms with Crippen molar-refractivity contribution in [3.63, 3.8) is 0 Å². The number of allylic oxidation sites excluding steroid dienone is 2.